The number of anilines is 1. The van der Waals surface area contributed by atoms with E-state index in [9.17, 15) is 14.4 Å². The number of carbonyl (C=O) groups excluding carboxylic acids is 3. The van der Waals surface area contributed by atoms with Crippen molar-refractivity contribution in [1.29, 1.82) is 0 Å². The number of hydrogen-bond acceptors (Lipinski definition) is 4. The summed E-state index contributed by atoms with van der Waals surface area (Å²) in [5, 5.41) is 2.85. The molecule has 1 N–H and O–H groups in total. The molecular weight excluding hydrogens is 374 g/mol. The highest BCUT2D eigenvalue weighted by atomic mass is 32.2. The first-order valence-electron chi connectivity index (χ1n) is 10.1. The van der Waals surface area contributed by atoms with Gasteiger partial charge in [-0.3, -0.25) is 14.4 Å². The molecule has 1 aliphatic heterocycles. The highest BCUT2D eigenvalue weighted by molar-refractivity contribution is 7.99. The third kappa shape index (κ3) is 7.19. The van der Waals surface area contributed by atoms with Crippen LogP contribution in [-0.2, 0) is 20.8 Å². The van der Waals surface area contributed by atoms with Crippen molar-refractivity contribution in [3.05, 3.63) is 29.8 Å². The first-order valence-corrected chi connectivity index (χ1v) is 11.2. The van der Waals surface area contributed by atoms with Crippen LogP contribution >= 0.6 is 11.8 Å². The molecule has 0 spiro atoms. The van der Waals surface area contributed by atoms with Crippen molar-refractivity contribution in [2.45, 2.75) is 39.5 Å². The second-order valence-electron chi connectivity index (χ2n) is 6.83. The van der Waals surface area contributed by atoms with Gasteiger partial charge in [0.2, 0.25) is 17.7 Å². The molecule has 1 fully saturated rings. The molecule has 0 saturated carbocycles. The fourth-order valence-electron chi connectivity index (χ4n) is 3.16. The van der Waals surface area contributed by atoms with Crippen LogP contribution in [0.25, 0.3) is 0 Å². The van der Waals surface area contributed by atoms with Gasteiger partial charge in [0.15, 0.2) is 0 Å². The van der Waals surface area contributed by atoms with Crippen LogP contribution in [0.15, 0.2) is 24.3 Å². The number of rotatable bonds is 9. The van der Waals surface area contributed by atoms with Gasteiger partial charge in [-0.15, -0.1) is 0 Å². The van der Waals surface area contributed by atoms with Crippen molar-refractivity contribution < 1.29 is 14.4 Å². The van der Waals surface area contributed by atoms with Gasteiger partial charge in [0, 0.05) is 56.2 Å². The average Bonchev–Trinajstić information content (AvgIpc) is 2.71. The summed E-state index contributed by atoms with van der Waals surface area (Å²) in [4.78, 5) is 40.0. The van der Waals surface area contributed by atoms with Gasteiger partial charge in [-0.25, -0.2) is 0 Å². The van der Waals surface area contributed by atoms with Gasteiger partial charge in [0.05, 0.1) is 6.42 Å². The predicted molar refractivity (Wildman–Crippen MR) is 114 cm³/mol. The Morgan fingerprint density at radius 1 is 1.04 bits per heavy atom. The van der Waals surface area contributed by atoms with Gasteiger partial charge < -0.3 is 15.1 Å². The Balaban J connectivity index is 1.73. The molecule has 1 saturated heterocycles. The summed E-state index contributed by atoms with van der Waals surface area (Å²) < 4.78 is 0. The number of thioether (sulfide) groups is 1. The Kier molecular flexibility index (Phi) is 9.34. The minimum atomic E-state index is -0.0954. The molecule has 0 aromatic heterocycles. The second-order valence-corrected chi connectivity index (χ2v) is 8.06. The van der Waals surface area contributed by atoms with Crippen molar-refractivity contribution in [3.8, 4) is 0 Å². The maximum atomic E-state index is 12.3. The van der Waals surface area contributed by atoms with E-state index in [0.29, 0.717) is 44.5 Å². The molecule has 28 heavy (non-hydrogen) atoms. The molecule has 1 aromatic carbocycles. The van der Waals surface area contributed by atoms with E-state index in [0.717, 1.165) is 30.2 Å². The normalized spacial score (nSPS) is 13.9. The molecule has 0 aliphatic carbocycles. The Labute approximate surface area is 172 Å². The zero-order valence-electron chi connectivity index (χ0n) is 16.9. The first-order chi connectivity index (χ1) is 13.5. The largest absolute Gasteiger partial charge is 0.343 e. The Bertz CT molecular complexity index is 653. The van der Waals surface area contributed by atoms with E-state index in [4.69, 9.17) is 0 Å². The third-order valence-electron chi connectivity index (χ3n) is 4.87. The smallest absolute Gasteiger partial charge is 0.227 e. The summed E-state index contributed by atoms with van der Waals surface area (Å²) >= 11 is 1.89. The molecule has 0 bridgehead atoms. The molecule has 154 valence electrons. The fraction of sp³-hybridized carbons (Fsp3) is 0.571. The number of nitrogens with zero attached hydrogens (tertiary/aromatic N) is 2. The maximum absolute atomic E-state index is 12.3. The van der Waals surface area contributed by atoms with Gasteiger partial charge in [0.25, 0.3) is 0 Å². The van der Waals surface area contributed by atoms with Crippen LogP contribution < -0.4 is 5.32 Å². The molecule has 1 heterocycles. The van der Waals surface area contributed by atoms with E-state index in [-0.39, 0.29) is 17.7 Å². The van der Waals surface area contributed by atoms with Gasteiger partial charge in [-0.1, -0.05) is 12.1 Å². The highest BCUT2D eigenvalue weighted by Gasteiger charge is 2.17. The van der Waals surface area contributed by atoms with Gasteiger partial charge in [-0.2, -0.15) is 11.8 Å². The SMILES string of the molecule is CCN(CC)C(=O)CCCC(=O)Nc1ccc(CC(=O)N2CCSCC2)cc1. The van der Waals surface area contributed by atoms with E-state index in [1.54, 1.807) is 4.90 Å². The molecule has 0 unspecified atom stereocenters. The van der Waals surface area contributed by atoms with Crippen LogP contribution in [0.1, 0.15) is 38.7 Å². The zero-order valence-corrected chi connectivity index (χ0v) is 17.7. The van der Waals surface area contributed by atoms with Crippen molar-refractivity contribution in [2.75, 3.05) is 43.0 Å². The quantitative estimate of drug-likeness (QED) is 0.686. The Hall–Kier alpha value is -2.02. The van der Waals surface area contributed by atoms with Crippen molar-refractivity contribution in [2.24, 2.45) is 0 Å². The Morgan fingerprint density at radius 2 is 1.68 bits per heavy atom. The number of benzene rings is 1. The van der Waals surface area contributed by atoms with E-state index < -0.39 is 0 Å². The lowest BCUT2D eigenvalue weighted by molar-refractivity contribution is -0.131. The van der Waals surface area contributed by atoms with Crippen LogP contribution in [0.2, 0.25) is 0 Å². The topological polar surface area (TPSA) is 69.7 Å². The summed E-state index contributed by atoms with van der Waals surface area (Å²) in [6.07, 6.45) is 1.65. The molecule has 1 aromatic rings. The zero-order chi connectivity index (χ0) is 20.4. The Morgan fingerprint density at radius 3 is 2.29 bits per heavy atom. The van der Waals surface area contributed by atoms with E-state index in [2.05, 4.69) is 5.32 Å². The van der Waals surface area contributed by atoms with Crippen LogP contribution in [-0.4, -0.2) is 65.2 Å². The summed E-state index contributed by atoms with van der Waals surface area (Å²) in [6.45, 7) is 6.97. The minimum absolute atomic E-state index is 0.0954. The molecule has 7 heteroatoms. The van der Waals surface area contributed by atoms with Gasteiger partial charge in [-0.05, 0) is 38.0 Å². The summed E-state index contributed by atoms with van der Waals surface area (Å²) in [5.74, 6) is 2.19. The van der Waals surface area contributed by atoms with Crippen molar-refractivity contribution >= 4 is 35.2 Å². The lowest BCUT2D eigenvalue weighted by Crippen LogP contribution is -2.38. The average molecular weight is 406 g/mol. The molecule has 6 nitrogen and oxygen atoms in total. The van der Waals surface area contributed by atoms with Crippen LogP contribution in [0.5, 0.6) is 0 Å². The van der Waals surface area contributed by atoms with Crippen LogP contribution in [0.4, 0.5) is 5.69 Å². The van der Waals surface area contributed by atoms with Gasteiger partial charge >= 0.3 is 0 Å². The number of nitrogens with one attached hydrogen (secondary N) is 1. The van der Waals surface area contributed by atoms with Crippen LogP contribution in [0, 0.1) is 0 Å². The summed E-state index contributed by atoms with van der Waals surface area (Å²) in [5.41, 5.74) is 1.66. The summed E-state index contributed by atoms with van der Waals surface area (Å²) in [6, 6.07) is 7.42. The lowest BCUT2D eigenvalue weighted by Gasteiger charge is -2.26. The van der Waals surface area contributed by atoms with E-state index in [1.165, 1.54) is 0 Å². The summed E-state index contributed by atoms with van der Waals surface area (Å²) in [7, 11) is 0. The first kappa shape index (κ1) is 22.3. The standard InChI is InChI=1S/C21H31N3O3S/c1-3-23(4-2)20(26)7-5-6-19(25)22-18-10-8-17(9-11-18)16-21(27)24-12-14-28-15-13-24/h8-11H,3-7,12-16H2,1-2H3,(H,22,25). The van der Waals surface area contributed by atoms with Gasteiger partial charge in [0.1, 0.15) is 0 Å². The number of carbonyl (C=O) groups is 3. The maximum Gasteiger partial charge on any atom is 0.227 e. The monoisotopic (exact) mass is 405 g/mol. The molecule has 2 rings (SSSR count). The predicted octanol–water partition coefficient (Wildman–Crippen LogP) is 2.78. The minimum Gasteiger partial charge on any atom is -0.343 e. The van der Waals surface area contributed by atoms with Crippen molar-refractivity contribution in [3.63, 3.8) is 0 Å². The fourth-order valence-corrected chi connectivity index (χ4v) is 4.07. The molecule has 0 radical (unpaired) electrons. The molecule has 1 aliphatic rings. The highest BCUT2D eigenvalue weighted by Crippen LogP contribution is 2.14. The second kappa shape index (κ2) is 11.7. The van der Waals surface area contributed by atoms with Crippen LogP contribution in [0.3, 0.4) is 0 Å². The molecule has 3 amide bonds. The number of amides is 3. The molecule has 0 atom stereocenters. The van der Waals surface area contributed by atoms with Crippen molar-refractivity contribution in [1.82, 2.24) is 9.80 Å². The third-order valence-corrected chi connectivity index (χ3v) is 5.81. The lowest BCUT2D eigenvalue weighted by atomic mass is 10.1. The number of hydrogen-bond donors (Lipinski definition) is 1. The molecular formula is C21H31N3O3S. The van der Waals surface area contributed by atoms with E-state index >= 15 is 0 Å². The van der Waals surface area contributed by atoms with E-state index in [1.807, 2.05) is 54.8 Å².